The Hall–Kier alpha value is -3.15. The number of hydrogen-bond donors (Lipinski definition) is 1. The first-order chi connectivity index (χ1) is 13.4. The SMILES string of the molecule is CCOc1ccccc1CCC(=O)O[C@@H](C)C(=O)Nc1cccc(C(C)=O)c1. The number of Topliss-reactive ketones (excluding diaryl/α,β-unsaturated/α-hetero) is 1. The van der Waals surface area contributed by atoms with Gasteiger partial charge in [0, 0.05) is 17.7 Å². The zero-order valence-electron chi connectivity index (χ0n) is 16.4. The number of hydrogen-bond acceptors (Lipinski definition) is 5. The second-order valence-electron chi connectivity index (χ2n) is 6.30. The third-order valence-corrected chi connectivity index (χ3v) is 4.08. The fourth-order valence-corrected chi connectivity index (χ4v) is 2.61. The molecule has 2 aromatic rings. The third kappa shape index (κ3) is 6.23. The van der Waals surface area contributed by atoms with Crippen LogP contribution in [0.5, 0.6) is 5.75 Å². The summed E-state index contributed by atoms with van der Waals surface area (Å²) in [5.74, 6) is -0.271. The molecule has 0 aromatic heterocycles. The average Bonchev–Trinajstić information content (AvgIpc) is 2.67. The van der Waals surface area contributed by atoms with Crippen LogP contribution in [-0.4, -0.2) is 30.4 Å². The smallest absolute Gasteiger partial charge is 0.306 e. The molecule has 0 radical (unpaired) electrons. The summed E-state index contributed by atoms with van der Waals surface area (Å²) in [5, 5.41) is 2.65. The number of nitrogens with one attached hydrogen (secondary N) is 1. The number of carbonyl (C=O) groups is 3. The van der Waals surface area contributed by atoms with E-state index in [1.807, 2.05) is 31.2 Å². The van der Waals surface area contributed by atoms with E-state index < -0.39 is 18.0 Å². The van der Waals surface area contributed by atoms with Gasteiger partial charge in [0.1, 0.15) is 5.75 Å². The van der Waals surface area contributed by atoms with Crippen LogP contribution in [0, 0.1) is 0 Å². The van der Waals surface area contributed by atoms with E-state index in [1.165, 1.54) is 13.8 Å². The Morgan fingerprint density at radius 3 is 2.54 bits per heavy atom. The second kappa shape index (κ2) is 10.3. The summed E-state index contributed by atoms with van der Waals surface area (Å²) >= 11 is 0. The Balaban J connectivity index is 1.87. The van der Waals surface area contributed by atoms with Crippen molar-refractivity contribution in [2.75, 3.05) is 11.9 Å². The van der Waals surface area contributed by atoms with Crippen LogP contribution in [0.4, 0.5) is 5.69 Å². The Labute approximate surface area is 164 Å². The van der Waals surface area contributed by atoms with E-state index in [2.05, 4.69) is 5.32 Å². The van der Waals surface area contributed by atoms with Crippen LogP contribution in [0.3, 0.4) is 0 Å². The molecule has 1 atom stereocenters. The van der Waals surface area contributed by atoms with Crippen molar-refractivity contribution in [3.63, 3.8) is 0 Å². The Kier molecular flexibility index (Phi) is 7.75. The summed E-state index contributed by atoms with van der Waals surface area (Å²) in [4.78, 5) is 35.8. The van der Waals surface area contributed by atoms with Gasteiger partial charge in [-0.15, -0.1) is 0 Å². The van der Waals surface area contributed by atoms with Gasteiger partial charge in [0.05, 0.1) is 6.61 Å². The molecule has 0 aliphatic heterocycles. The summed E-state index contributed by atoms with van der Waals surface area (Å²) in [5.41, 5.74) is 1.89. The molecule has 0 fully saturated rings. The number of amides is 1. The van der Waals surface area contributed by atoms with Crippen molar-refractivity contribution in [1.29, 1.82) is 0 Å². The van der Waals surface area contributed by atoms with Crippen molar-refractivity contribution in [2.45, 2.75) is 39.7 Å². The van der Waals surface area contributed by atoms with Crippen LogP contribution >= 0.6 is 0 Å². The van der Waals surface area contributed by atoms with Crippen LogP contribution in [0.15, 0.2) is 48.5 Å². The summed E-state index contributed by atoms with van der Waals surface area (Å²) in [7, 11) is 0. The molecule has 0 spiro atoms. The minimum atomic E-state index is -0.949. The zero-order valence-corrected chi connectivity index (χ0v) is 16.4. The molecule has 0 unspecified atom stereocenters. The maximum Gasteiger partial charge on any atom is 0.306 e. The van der Waals surface area contributed by atoms with E-state index in [0.29, 0.717) is 24.3 Å². The van der Waals surface area contributed by atoms with Crippen molar-refractivity contribution in [1.82, 2.24) is 0 Å². The molecule has 148 valence electrons. The number of ether oxygens (including phenoxy) is 2. The van der Waals surface area contributed by atoms with E-state index in [1.54, 1.807) is 24.3 Å². The Morgan fingerprint density at radius 1 is 1.07 bits per heavy atom. The Bertz CT molecular complexity index is 846. The predicted molar refractivity (Wildman–Crippen MR) is 107 cm³/mol. The maximum atomic E-state index is 12.2. The predicted octanol–water partition coefficient (Wildman–Crippen LogP) is 3.79. The monoisotopic (exact) mass is 383 g/mol. The quantitative estimate of drug-likeness (QED) is 0.526. The van der Waals surface area contributed by atoms with Gasteiger partial charge in [-0.1, -0.05) is 30.3 Å². The molecule has 0 heterocycles. The molecule has 0 aliphatic rings. The van der Waals surface area contributed by atoms with E-state index >= 15 is 0 Å². The molecular weight excluding hydrogens is 358 g/mol. The van der Waals surface area contributed by atoms with Gasteiger partial charge in [-0.05, 0) is 51.0 Å². The van der Waals surface area contributed by atoms with Gasteiger partial charge in [0.15, 0.2) is 11.9 Å². The number of ketones is 1. The third-order valence-electron chi connectivity index (χ3n) is 4.08. The topological polar surface area (TPSA) is 81.7 Å². The van der Waals surface area contributed by atoms with Gasteiger partial charge in [-0.25, -0.2) is 0 Å². The normalized spacial score (nSPS) is 11.4. The second-order valence-corrected chi connectivity index (χ2v) is 6.30. The fraction of sp³-hybridized carbons (Fsp3) is 0.318. The summed E-state index contributed by atoms with van der Waals surface area (Å²) in [6.45, 7) is 5.41. The van der Waals surface area contributed by atoms with E-state index in [9.17, 15) is 14.4 Å². The van der Waals surface area contributed by atoms with Gasteiger partial charge < -0.3 is 14.8 Å². The highest BCUT2D eigenvalue weighted by Gasteiger charge is 2.18. The number of carbonyl (C=O) groups excluding carboxylic acids is 3. The molecule has 6 nitrogen and oxygen atoms in total. The van der Waals surface area contributed by atoms with Crippen molar-refractivity contribution >= 4 is 23.3 Å². The van der Waals surface area contributed by atoms with Crippen LogP contribution in [0.1, 0.15) is 43.1 Å². The lowest BCUT2D eigenvalue weighted by atomic mass is 10.1. The molecular formula is C22H25NO5. The first-order valence-electron chi connectivity index (χ1n) is 9.22. The van der Waals surface area contributed by atoms with Gasteiger partial charge in [-0.2, -0.15) is 0 Å². The minimum absolute atomic E-state index is 0.0945. The van der Waals surface area contributed by atoms with Crippen LogP contribution < -0.4 is 10.1 Å². The van der Waals surface area contributed by atoms with Crippen LogP contribution in [0.25, 0.3) is 0 Å². The highest BCUT2D eigenvalue weighted by molar-refractivity contribution is 5.98. The molecule has 0 saturated carbocycles. The van der Waals surface area contributed by atoms with E-state index in [-0.39, 0.29) is 12.2 Å². The average molecular weight is 383 g/mol. The minimum Gasteiger partial charge on any atom is -0.494 e. The Morgan fingerprint density at radius 2 is 1.82 bits per heavy atom. The van der Waals surface area contributed by atoms with Crippen LogP contribution in [0.2, 0.25) is 0 Å². The molecule has 1 N–H and O–H groups in total. The number of anilines is 1. The number of para-hydroxylation sites is 1. The lowest BCUT2D eigenvalue weighted by molar-refractivity contribution is -0.153. The van der Waals surface area contributed by atoms with Gasteiger partial charge in [0.25, 0.3) is 5.91 Å². The molecule has 0 saturated heterocycles. The van der Waals surface area contributed by atoms with Crippen molar-refractivity contribution in [3.8, 4) is 5.75 Å². The zero-order chi connectivity index (χ0) is 20.5. The van der Waals surface area contributed by atoms with Crippen molar-refractivity contribution in [3.05, 3.63) is 59.7 Å². The highest BCUT2D eigenvalue weighted by Crippen LogP contribution is 2.20. The fourth-order valence-electron chi connectivity index (χ4n) is 2.61. The molecule has 1 amide bonds. The van der Waals surface area contributed by atoms with Crippen molar-refractivity contribution < 1.29 is 23.9 Å². The first kappa shape index (κ1) is 21.2. The van der Waals surface area contributed by atoms with E-state index in [0.717, 1.165) is 11.3 Å². The van der Waals surface area contributed by atoms with Gasteiger partial charge >= 0.3 is 5.97 Å². The number of benzene rings is 2. The highest BCUT2D eigenvalue weighted by atomic mass is 16.5. The van der Waals surface area contributed by atoms with Gasteiger partial charge in [-0.3, -0.25) is 14.4 Å². The molecule has 6 heteroatoms. The molecule has 0 aliphatic carbocycles. The number of aryl methyl sites for hydroxylation is 1. The molecule has 2 rings (SSSR count). The number of rotatable bonds is 9. The lowest BCUT2D eigenvalue weighted by Crippen LogP contribution is -2.30. The lowest BCUT2D eigenvalue weighted by Gasteiger charge is -2.14. The first-order valence-corrected chi connectivity index (χ1v) is 9.22. The molecule has 2 aromatic carbocycles. The maximum absolute atomic E-state index is 12.2. The molecule has 0 bridgehead atoms. The number of esters is 1. The van der Waals surface area contributed by atoms with E-state index in [4.69, 9.17) is 9.47 Å². The molecule has 28 heavy (non-hydrogen) atoms. The largest absolute Gasteiger partial charge is 0.494 e. The summed E-state index contributed by atoms with van der Waals surface area (Å²) in [6, 6.07) is 14.1. The summed E-state index contributed by atoms with van der Waals surface area (Å²) < 4.78 is 10.8. The van der Waals surface area contributed by atoms with Gasteiger partial charge in [0.2, 0.25) is 0 Å². The summed E-state index contributed by atoms with van der Waals surface area (Å²) in [6.07, 6.45) is -0.346. The van der Waals surface area contributed by atoms with Crippen LogP contribution in [-0.2, 0) is 20.7 Å². The van der Waals surface area contributed by atoms with Crippen molar-refractivity contribution in [2.24, 2.45) is 0 Å². The standard InChI is InChI=1S/C22H25NO5/c1-4-27-20-11-6-5-8-17(20)12-13-21(25)28-16(3)22(26)23-19-10-7-9-18(14-19)15(2)24/h5-11,14,16H,4,12-13H2,1-3H3,(H,23,26)/t16-/m0/s1.